The summed E-state index contributed by atoms with van der Waals surface area (Å²) >= 11 is 0. The molecule has 0 rings (SSSR count). The van der Waals surface area contributed by atoms with Crippen LogP contribution >= 0.6 is 0 Å². The first kappa shape index (κ1) is 9.54. The molecule has 0 aliphatic heterocycles. The Morgan fingerprint density at radius 3 is 1.70 bits per heavy atom. The SMILES string of the molecule is C=C[SiH](C=C)OC(N)(N)N. The third kappa shape index (κ3) is 4.42. The Balaban J connectivity index is 3.85. The molecule has 58 valence electrons. The van der Waals surface area contributed by atoms with E-state index in [0.717, 1.165) is 0 Å². The highest BCUT2D eigenvalue weighted by Crippen LogP contribution is 1.92. The summed E-state index contributed by atoms with van der Waals surface area (Å²) in [5, 5.41) is 0. The van der Waals surface area contributed by atoms with Gasteiger partial charge in [0.15, 0.2) is 0 Å². The van der Waals surface area contributed by atoms with Crippen LogP contribution in [0.5, 0.6) is 0 Å². The lowest BCUT2D eigenvalue weighted by atomic mass is 10.9. The van der Waals surface area contributed by atoms with Gasteiger partial charge in [0.1, 0.15) is 0 Å². The van der Waals surface area contributed by atoms with Gasteiger partial charge in [-0.25, -0.2) is 0 Å². The maximum absolute atomic E-state index is 5.16. The van der Waals surface area contributed by atoms with Crippen LogP contribution in [0.1, 0.15) is 0 Å². The highest BCUT2D eigenvalue weighted by Gasteiger charge is 2.15. The molecule has 0 aromatic rings. The van der Waals surface area contributed by atoms with E-state index in [0.29, 0.717) is 0 Å². The van der Waals surface area contributed by atoms with Crippen molar-refractivity contribution in [1.82, 2.24) is 0 Å². The minimum absolute atomic E-state index is 1.56. The zero-order chi connectivity index (χ0) is 8.20. The summed E-state index contributed by atoms with van der Waals surface area (Å²) in [6.07, 6.45) is 0. The van der Waals surface area contributed by atoms with Crippen molar-refractivity contribution >= 4 is 9.04 Å². The predicted molar refractivity (Wildman–Crippen MR) is 43.9 cm³/mol. The van der Waals surface area contributed by atoms with Crippen molar-refractivity contribution in [3.63, 3.8) is 0 Å². The van der Waals surface area contributed by atoms with E-state index >= 15 is 0 Å². The van der Waals surface area contributed by atoms with E-state index < -0.39 is 15.0 Å². The van der Waals surface area contributed by atoms with Crippen LogP contribution in [0.25, 0.3) is 0 Å². The van der Waals surface area contributed by atoms with Crippen LogP contribution in [0, 0.1) is 0 Å². The molecule has 6 N–H and O–H groups in total. The van der Waals surface area contributed by atoms with Crippen molar-refractivity contribution in [3.8, 4) is 0 Å². The third-order valence-electron chi connectivity index (χ3n) is 0.805. The minimum atomic E-state index is -1.66. The van der Waals surface area contributed by atoms with Crippen LogP contribution in [0.4, 0.5) is 0 Å². The molecule has 0 aliphatic carbocycles. The molecule has 0 radical (unpaired) electrons. The topological polar surface area (TPSA) is 87.3 Å². The van der Waals surface area contributed by atoms with E-state index in [1.54, 1.807) is 11.4 Å². The molecule has 4 nitrogen and oxygen atoms in total. The number of hydrogen-bond acceptors (Lipinski definition) is 4. The molecule has 0 aliphatic rings. The van der Waals surface area contributed by atoms with Gasteiger partial charge >= 0.3 is 0 Å². The Morgan fingerprint density at radius 1 is 1.20 bits per heavy atom. The van der Waals surface area contributed by atoms with Gasteiger partial charge in [-0.3, -0.25) is 17.2 Å². The minimum Gasteiger partial charge on any atom is -0.371 e. The summed E-state index contributed by atoms with van der Waals surface area (Å²) in [7, 11) is -1.66. The van der Waals surface area contributed by atoms with Gasteiger partial charge in [-0.1, -0.05) is 11.4 Å². The molecular formula is C5H13N3OSi. The van der Waals surface area contributed by atoms with Gasteiger partial charge in [-0.15, -0.1) is 13.2 Å². The maximum atomic E-state index is 5.16. The molecule has 0 bridgehead atoms. The van der Waals surface area contributed by atoms with E-state index in [-0.39, 0.29) is 0 Å². The average molecular weight is 159 g/mol. The molecule has 5 heteroatoms. The molecule has 0 aromatic carbocycles. The Labute approximate surface area is 62.1 Å². The van der Waals surface area contributed by atoms with Crippen molar-refractivity contribution in [2.45, 2.75) is 5.97 Å². The van der Waals surface area contributed by atoms with E-state index in [9.17, 15) is 0 Å². The molecule has 0 aromatic heterocycles. The van der Waals surface area contributed by atoms with Gasteiger partial charge in [0.05, 0.1) is 0 Å². The number of nitrogens with two attached hydrogens (primary N) is 3. The summed E-state index contributed by atoms with van der Waals surface area (Å²) in [6.45, 7) is 7.03. The van der Waals surface area contributed by atoms with Crippen molar-refractivity contribution in [2.24, 2.45) is 17.2 Å². The zero-order valence-corrected chi connectivity index (χ0v) is 6.94. The van der Waals surface area contributed by atoms with Gasteiger partial charge in [0, 0.05) is 0 Å². The van der Waals surface area contributed by atoms with Gasteiger partial charge in [0.2, 0.25) is 15.0 Å². The Bertz CT molecular complexity index is 123. The van der Waals surface area contributed by atoms with Gasteiger partial charge in [-0.2, -0.15) is 0 Å². The van der Waals surface area contributed by atoms with Gasteiger partial charge in [-0.05, 0) is 0 Å². The molecular weight excluding hydrogens is 146 g/mol. The molecule has 0 unspecified atom stereocenters. The second-order valence-electron chi connectivity index (χ2n) is 1.91. The fourth-order valence-electron chi connectivity index (χ4n) is 0.428. The molecule has 0 saturated heterocycles. The van der Waals surface area contributed by atoms with Crippen LogP contribution in [0.3, 0.4) is 0 Å². The predicted octanol–water partition coefficient (Wildman–Crippen LogP) is -1.34. The molecule has 0 saturated carbocycles. The highest BCUT2D eigenvalue weighted by molar-refractivity contribution is 6.62. The molecule has 0 amide bonds. The highest BCUT2D eigenvalue weighted by atomic mass is 28.3. The lowest BCUT2D eigenvalue weighted by molar-refractivity contribution is 0.0931. The lowest BCUT2D eigenvalue weighted by Crippen LogP contribution is -2.62. The molecule has 0 spiro atoms. The summed E-state index contributed by atoms with van der Waals surface area (Å²) in [5.41, 5.74) is 18.7. The Morgan fingerprint density at radius 2 is 1.60 bits per heavy atom. The molecule has 10 heavy (non-hydrogen) atoms. The van der Waals surface area contributed by atoms with Crippen LogP contribution in [0.15, 0.2) is 24.6 Å². The number of rotatable bonds is 4. The summed E-state index contributed by atoms with van der Waals surface area (Å²) in [6, 6.07) is 0. The first-order chi connectivity index (χ1) is 4.49. The summed E-state index contributed by atoms with van der Waals surface area (Å²) in [4.78, 5) is 0. The van der Waals surface area contributed by atoms with E-state index in [2.05, 4.69) is 13.2 Å². The first-order valence-corrected chi connectivity index (χ1v) is 4.59. The second-order valence-corrected chi connectivity index (χ2v) is 4.02. The largest absolute Gasteiger partial charge is 0.371 e. The third-order valence-corrected chi connectivity index (χ3v) is 2.41. The van der Waals surface area contributed by atoms with Crippen molar-refractivity contribution in [2.75, 3.05) is 0 Å². The monoisotopic (exact) mass is 159 g/mol. The molecule has 0 fully saturated rings. The van der Waals surface area contributed by atoms with E-state index in [4.69, 9.17) is 21.6 Å². The van der Waals surface area contributed by atoms with Crippen LogP contribution in [0.2, 0.25) is 0 Å². The van der Waals surface area contributed by atoms with Gasteiger partial charge in [0.25, 0.3) is 0 Å². The van der Waals surface area contributed by atoms with E-state index in [1.807, 2.05) is 0 Å². The lowest BCUT2D eigenvalue weighted by Gasteiger charge is -2.21. The number of hydrogen-bond donors (Lipinski definition) is 3. The van der Waals surface area contributed by atoms with Crippen LogP contribution in [-0.2, 0) is 4.43 Å². The van der Waals surface area contributed by atoms with Crippen molar-refractivity contribution in [3.05, 3.63) is 24.6 Å². The van der Waals surface area contributed by atoms with Crippen molar-refractivity contribution < 1.29 is 4.43 Å². The second kappa shape index (κ2) is 3.64. The average Bonchev–Trinajstić information content (AvgIpc) is 1.81. The van der Waals surface area contributed by atoms with Crippen molar-refractivity contribution in [1.29, 1.82) is 0 Å². The quantitative estimate of drug-likeness (QED) is 0.350. The summed E-state index contributed by atoms with van der Waals surface area (Å²) < 4.78 is 4.97. The van der Waals surface area contributed by atoms with Crippen LogP contribution in [-0.4, -0.2) is 15.0 Å². The summed E-state index contributed by atoms with van der Waals surface area (Å²) in [5.74, 6) is -1.56. The van der Waals surface area contributed by atoms with Gasteiger partial charge < -0.3 is 4.43 Å². The zero-order valence-electron chi connectivity index (χ0n) is 5.79. The molecule has 0 heterocycles. The van der Waals surface area contributed by atoms with E-state index in [1.165, 1.54) is 0 Å². The Hall–Kier alpha value is -0.463. The standard InChI is InChI=1S/C5H13N3OSi/c1-3-10(4-2)9-5(6,7)8/h3-4,10H,1-2,6-8H2. The van der Waals surface area contributed by atoms with Crippen LogP contribution < -0.4 is 17.2 Å². The molecule has 0 atom stereocenters. The fourth-order valence-corrected chi connectivity index (χ4v) is 1.28. The normalized spacial score (nSPS) is 11.6. The first-order valence-electron chi connectivity index (χ1n) is 2.79. The fraction of sp³-hybridized carbons (Fsp3) is 0.200. The smallest absolute Gasteiger partial charge is 0.230 e. The Kier molecular flexibility index (Phi) is 3.47. The maximum Gasteiger partial charge on any atom is 0.230 e.